The van der Waals surface area contributed by atoms with E-state index in [1.54, 1.807) is 6.08 Å². The highest BCUT2D eigenvalue weighted by molar-refractivity contribution is 5.33. The monoisotopic (exact) mass is 236 g/mol. The summed E-state index contributed by atoms with van der Waals surface area (Å²) in [6.45, 7) is 5.04. The molecule has 0 saturated heterocycles. The fourth-order valence-corrected chi connectivity index (χ4v) is 1.83. The summed E-state index contributed by atoms with van der Waals surface area (Å²) in [7, 11) is 0. The molecule has 0 bridgehead atoms. The lowest BCUT2D eigenvalue weighted by Gasteiger charge is -2.29. The lowest BCUT2D eigenvalue weighted by atomic mass is 9.77. The van der Waals surface area contributed by atoms with Crippen molar-refractivity contribution in [3.63, 3.8) is 0 Å². The fourth-order valence-electron chi connectivity index (χ4n) is 1.83. The van der Waals surface area contributed by atoms with E-state index in [1.165, 1.54) is 6.08 Å². The van der Waals surface area contributed by atoms with Gasteiger partial charge in [-0.25, -0.2) is 19.6 Å². The molecule has 0 aromatic rings. The zero-order valence-corrected chi connectivity index (χ0v) is 10.6. The van der Waals surface area contributed by atoms with E-state index in [0.29, 0.717) is 13.1 Å². The molecule has 4 heteroatoms. The fraction of sp³-hybridized carbons (Fsp3) is 0.692. The number of isocyanates is 2. The maximum absolute atomic E-state index is 10.2. The van der Waals surface area contributed by atoms with Gasteiger partial charge < -0.3 is 0 Å². The second-order valence-electron chi connectivity index (χ2n) is 4.11. The molecule has 0 radical (unpaired) electrons. The Hall–Kier alpha value is -1.50. The number of nitrogens with zero attached hydrogens (tertiary/aromatic N) is 2. The summed E-state index contributed by atoms with van der Waals surface area (Å²) in [5.74, 6) is 0. The molecule has 17 heavy (non-hydrogen) atoms. The van der Waals surface area contributed by atoms with Gasteiger partial charge in [-0.1, -0.05) is 19.1 Å². The normalized spacial score (nSPS) is 13.8. The Balaban J connectivity index is 4.52. The Kier molecular flexibility index (Phi) is 8.85. The van der Waals surface area contributed by atoms with Gasteiger partial charge in [0, 0.05) is 0 Å². The Labute approximate surface area is 103 Å². The summed E-state index contributed by atoms with van der Waals surface area (Å²) >= 11 is 0. The predicted molar refractivity (Wildman–Crippen MR) is 67.4 cm³/mol. The van der Waals surface area contributed by atoms with Crippen molar-refractivity contribution in [3.8, 4) is 0 Å². The SMILES string of the molecule is CC=CCC(CC)(CCCN=C=O)CN=C=O. The lowest BCUT2D eigenvalue weighted by molar-refractivity contribution is 0.260. The van der Waals surface area contributed by atoms with Gasteiger partial charge in [0.1, 0.15) is 0 Å². The molecule has 0 rings (SSSR count). The standard InChI is InChI=1S/C13H20N2O2/c1-3-5-7-13(4-2,10-15-12-17)8-6-9-14-11-16/h3,5H,4,6-10H2,1-2H3. The molecule has 0 aliphatic carbocycles. The maximum Gasteiger partial charge on any atom is 0.234 e. The van der Waals surface area contributed by atoms with Gasteiger partial charge in [-0.2, -0.15) is 0 Å². The van der Waals surface area contributed by atoms with Crippen LogP contribution >= 0.6 is 0 Å². The first-order valence-corrected chi connectivity index (χ1v) is 5.93. The van der Waals surface area contributed by atoms with Gasteiger partial charge in [0.15, 0.2) is 0 Å². The molecule has 0 spiro atoms. The molecule has 0 amide bonds. The minimum Gasteiger partial charge on any atom is -0.211 e. The minimum atomic E-state index is -0.0116. The molecule has 0 aliphatic rings. The van der Waals surface area contributed by atoms with Gasteiger partial charge in [-0.05, 0) is 38.0 Å². The van der Waals surface area contributed by atoms with Crippen LogP contribution in [0.1, 0.15) is 39.5 Å². The van der Waals surface area contributed by atoms with Crippen molar-refractivity contribution < 1.29 is 9.59 Å². The number of aliphatic imine (C=N–C) groups is 2. The van der Waals surface area contributed by atoms with Crippen LogP contribution in [0.15, 0.2) is 22.1 Å². The number of hydrogen-bond acceptors (Lipinski definition) is 4. The average Bonchev–Trinajstić information content (AvgIpc) is 2.37. The number of allylic oxidation sites excluding steroid dienone is 2. The molecule has 0 aliphatic heterocycles. The minimum absolute atomic E-state index is 0.0116. The maximum atomic E-state index is 10.2. The van der Waals surface area contributed by atoms with Crippen molar-refractivity contribution in [1.82, 2.24) is 0 Å². The van der Waals surface area contributed by atoms with Gasteiger partial charge in [0.05, 0.1) is 13.1 Å². The van der Waals surface area contributed by atoms with Crippen LogP contribution in [0.4, 0.5) is 0 Å². The number of rotatable bonds is 9. The van der Waals surface area contributed by atoms with Crippen LogP contribution in [0, 0.1) is 5.41 Å². The third-order valence-electron chi connectivity index (χ3n) is 3.06. The summed E-state index contributed by atoms with van der Waals surface area (Å²) < 4.78 is 0. The van der Waals surface area contributed by atoms with Crippen LogP contribution in [0.3, 0.4) is 0 Å². The quantitative estimate of drug-likeness (QED) is 0.267. The second kappa shape index (κ2) is 9.71. The lowest BCUT2D eigenvalue weighted by Crippen LogP contribution is -2.23. The van der Waals surface area contributed by atoms with E-state index >= 15 is 0 Å². The predicted octanol–water partition coefficient (Wildman–Crippen LogP) is 2.80. The van der Waals surface area contributed by atoms with Gasteiger partial charge in [0.2, 0.25) is 12.2 Å². The van der Waals surface area contributed by atoms with E-state index in [0.717, 1.165) is 25.7 Å². The average molecular weight is 236 g/mol. The summed E-state index contributed by atoms with van der Waals surface area (Å²) in [4.78, 5) is 27.5. The molecule has 0 saturated carbocycles. The summed E-state index contributed by atoms with van der Waals surface area (Å²) in [6.07, 6.45) is 10.8. The van der Waals surface area contributed by atoms with Crippen LogP contribution in [0.5, 0.6) is 0 Å². The van der Waals surface area contributed by atoms with E-state index in [2.05, 4.69) is 23.0 Å². The van der Waals surface area contributed by atoms with Crippen LogP contribution in [-0.4, -0.2) is 25.2 Å². The van der Waals surface area contributed by atoms with Crippen LogP contribution in [-0.2, 0) is 9.59 Å². The molecule has 0 heterocycles. The van der Waals surface area contributed by atoms with Crippen LogP contribution < -0.4 is 0 Å². The molecular formula is C13H20N2O2. The molecule has 94 valence electrons. The zero-order valence-electron chi connectivity index (χ0n) is 10.6. The second-order valence-corrected chi connectivity index (χ2v) is 4.11. The summed E-state index contributed by atoms with van der Waals surface area (Å²) in [6, 6.07) is 0. The first-order chi connectivity index (χ1) is 8.24. The molecule has 0 fully saturated rings. The van der Waals surface area contributed by atoms with Crippen LogP contribution in [0.25, 0.3) is 0 Å². The van der Waals surface area contributed by atoms with Crippen molar-refractivity contribution in [2.24, 2.45) is 15.4 Å². The summed E-state index contributed by atoms with van der Waals surface area (Å²) in [5, 5.41) is 0. The van der Waals surface area contributed by atoms with E-state index < -0.39 is 0 Å². The van der Waals surface area contributed by atoms with E-state index in [-0.39, 0.29) is 5.41 Å². The van der Waals surface area contributed by atoms with Gasteiger partial charge in [-0.15, -0.1) is 0 Å². The van der Waals surface area contributed by atoms with E-state index in [1.807, 2.05) is 13.0 Å². The van der Waals surface area contributed by atoms with Gasteiger partial charge >= 0.3 is 0 Å². The number of hydrogen-bond donors (Lipinski definition) is 0. The third kappa shape index (κ3) is 6.62. The van der Waals surface area contributed by atoms with Crippen molar-refractivity contribution in [1.29, 1.82) is 0 Å². The number of carbonyl (C=O) groups excluding carboxylic acids is 2. The highest BCUT2D eigenvalue weighted by atomic mass is 16.1. The smallest absolute Gasteiger partial charge is 0.211 e. The van der Waals surface area contributed by atoms with Crippen LogP contribution in [0.2, 0.25) is 0 Å². The molecular weight excluding hydrogens is 216 g/mol. The Morgan fingerprint density at radius 3 is 2.47 bits per heavy atom. The largest absolute Gasteiger partial charge is 0.234 e. The van der Waals surface area contributed by atoms with Crippen molar-refractivity contribution >= 4 is 12.2 Å². The Bertz CT molecular complexity index is 326. The van der Waals surface area contributed by atoms with E-state index in [4.69, 9.17) is 0 Å². The highest BCUT2D eigenvalue weighted by Gasteiger charge is 2.26. The molecule has 4 nitrogen and oxygen atoms in total. The van der Waals surface area contributed by atoms with Crippen molar-refractivity contribution in [2.75, 3.05) is 13.1 Å². The first kappa shape index (κ1) is 15.5. The first-order valence-electron chi connectivity index (χ1n) is 5.93. The topological polar surface area (TPSA) is 58.9 Å². The molecule has 0 aromatic carbocycles. The van der Waals surface area contributed by atoms with E-state index in [9.17, 15) is 9.59 Å². The molecule has 1 atom stereocenters. The third-order valence-corrected chi connectivity index (χ3v) is 3.06. The highest BCUT2D eigenvalue weighted by Crippen LogP contribution is 2.33. The van der Waals surface area contributed by atoms with Crippen molar-refractivity contribution in [2.45, 2.75) is 39.5 Å². The molecule has 0 aromatic heterocycles. The van der Waals surface area contributed by atoms with Gasteiger partial charge in [0.25, 0.3) is 0 Å². The zero-order chi connectivity index (χ0) is 13.0. The Morgan fingerprint density at radius 1 is 1.24 bits per heavy atom. The van der Waals surface area contributed by atoms with Crippen molar-refractivity contribution in [3.05, 3.63) is 12.2 Å². The van der Waals surface area contributed by atoms with Gasteiger partial charge in [-0.3, -0.25) is 0 Å². The Morgan fingerprint density at radius 2 is 1.94 bits per heavy atom. The summed E-state index contributed by atoms with van der Waals surface area (Å²) in [5.41, 5.74) is -0.0116. The molecule has 0 N–H and O–H groups in total. The molecule has 1 unspecified atom stereocenters.